The van der Waals surface area contributed by atoms with Crippen LogP contribution < -0.4 is 20.1 Å². The normalized spacial score (nSPS) is 10.1. The first-order chi connectivity index (χ1) is 14.1. The highest BCUT2D eigenvalue weighted by molar-refractivity contribution is 6.07. The van der Waals surface area contributed by atoms with Gasteiger partial charge in [0.05, 0.1) is 19.3 Å². The third-order valence-corrected chi connectivity index (χ3v) is 4.18. The fraction of sp³-hybridized carbons (Fsp3) is 0.130. The van der Waals surface area contributed by atoms with Crippen molar-refractivity contribution in [3.05, 3.63) is 83.9 Å². The molecule has 0 aliphatic rings. The summed E-state index contributed by atoms with van der Waals surface area (Å²) >= 11 is 0. The van der Waals surface area contributed by atoms with Gasteiger partial charge in [0.2, 0.25) is 0 Å². The molecule has 3 aromatic carbocycles. The molecule has 2 N–H and O–H groups in total. The number of amides is 2. The van der Waals surface area contributed by atoms with Crippen LogP contribution in [0, 0.1) is 0 Å². The van der Waals surface area contributed by atoms with Crippen LogP contribution in [0.4, 0.5) is 11.4 Å². The first kappa shape index (κ1) is 19.9. The van der Waals surface area contributed by atoms with Gasteiger partial charge in [0.25, 0.3) is 11.8 Å². The SMILES string of the molecule is CCOc1ccccc1C(=O)Nc1ccc(C(=O)Nc2ccc(OC)cc2)cc1. The second kappa shape index (κ2) is 9.41. The van der Waals surface area contributed by atoms with Gasteiger partial charge in [0.1, 0.15) is 11.5 Å². The van der Waals surface area contributed by atoms with Crippen LogP contribution in [0.1, 0.15) is 27.6 Å². The van der Waals surface area contributed by atoms with E-state index in [1.165, 1.54) is 0 Å². The summed E-state index contributed by atoms with van der Waals surface area (Å²) in [5.74, 6) is 0.733. The molecular formula is C23H22N2O4. The standard InChI is InChI=1S/C23H22N2O4/c1-3-29-21-7-5-4-6-20(21)23(27)25-17-10-8-16(9-11-17)22(26)24-18-12-14-19(28-2)15-13-18/h4-15H,3H2,1-2H3,(H,24,26)(H,25,27). The number of rotatable bonds is 7. The minimum absolute atomic E-state index is 0.241. The van der Waals surface area contributed by atoms with Crippen molar-refractivity contribution in [2.24, 2.45) is 0 Å². The number of carbonyl (C=O) groups is 2. The Morgan fingerprint density at radius 3 is 2.00 bits per heavy atom. The lowest BCUT2D eigenvalue weighted by Gasteiger charge is -2.11. The summed E-state index contributed by atoms with van der Waals surface area (Å²) in [6, 6.07) is 20.8. The summed E-state index contributed by atoms with van der Waals surface area (Å²) in [6.07, 6.45) is 0. The van der Waals surface area contributed by atoms with Crippen molar-refractivity contribution in [1.29, 1.82) is 0 Å². The van der Waals surface area contributed by atoms with Crippen molar-refractivity contribution in [2.75, 3.05) is 24.4 Å². The van der Waals surface area contributed by atoms with Crippen molar-refractivity contribution in [2.45, 2.75) is 6.92 Å². The van der Waals surface area contributed by atoms with Gasteiger partial charge in [-0.15, -0.1) is 0 Å². The monoisotopic (exact) mass is 390 g/mol. The molecule has 0 heterocycles. The molecule has 0 aromatic heterocycles. The maximum absolute atomic E-state index is 12.5. The predicted molar refractivity (Wildman–Crippen MR) is 113 cm³/mol. The first-order valence-corrected chi connectivity index (χ1v) is 9.19. The minimum Gasteiger partial charge on any atom is -0.497 e. The Hall–Kier alpha value is -3.80. The van der Waals surface area contributed by atoms with E-state index in [-0.39, 0.29) is 11.8 Å². The van der Waals surface area contributed by atoms with Crippen LogP contribution >= 0.6 is 0 Å². The number of anilines is 2. The molecule has 3 aromatic rings. The Kier molecular flexibility index (Phi) is 6.47. The predicted octanol–water partition coefficient (Wildman–Crippen LogP) is 4.60. The van der Waals surface area contributed by atoms with Crippen LogP contribution in [-0.2, 0) is 0 Å². The molecule has 2 amide bonds. The number of benzene rings is 3. The number of para-hydroxylation sites is 1. The topological polar surface area (TPSA) is 76.7 Å². The quantitative estimate of drug-likeness (QED) is 0.618. The molecule has 0 fully saturated rings. The number of ether oxygens (including phenoxy) is 2. The second-order valence-electron chi connectivity index (χ2n) is 6.14. The number of carbonyl (C=O) groups excluding carboxylic acids is 2. The van der Waals surface area contributed by atoms with E-state index in [9.17, 15) is 9.59 Å². The van der Waals surface area contributed by atoms with Gasteiger partial charge in [-0.2, -0.15) is 0 Å². The van der Waals surface area contributed by atoms with Gasteiger partial charge in [-0.05, 0) is 67.6 Å². The van der Waals surface area contributed by atoms with Crippen LogP contribution in [0.5, 0.6) is 11.5 Å². The van der Waals surface area contributed by atoms with Gasteiger partial charge >= 0.3 is 0 Å². The average molecular weight is 390 g/mol. The zero-order chi connectivity index (χ0) is 20.6. The van der Waals surface area contributed by atoms with E-state index in [0.717, 1.165) is 0 Å². The zero-order valence-corrected chi connectivity index (χ0v) is 16.3. The largest absolute Gasteiger partial charge is 0.497 e. The Labute approximate surface area is 169 Å². The molecule has 0 bridgehead atoms. The van der Waals surface area contributed by atoms with Gasteiger partial charge in [-0.3, -0.25) is 9.59 Å². The molecule has 0 saturated carbocycles. The Morgan fingerprint density at radius 2 is 1.38 bits per heavy atom. The summed E-state index contributed by atoms with van der Waals surface area (Å²) in [7, 11) is 1.59. The van der Waals surface area contributed by atoms with Crippen LogP contribution in [0.2, 0.25) is 0 Å². The molecule has 3 rings (SSSR count). The van der Waals surface area contributed by atoms with E-state index >= 15 is 0 Å². The smallest absolute Gasteiger partial charge is 0.259 e. The highest BCUT2D eigenvalue weighted by atomic mass is 16.5. The van der Waals surface area contributed by atoms with Crippen molar-refractivity contribution >= 4 is 23.2 Å². The van der Waals surface area contributed by atoms with Crippen molar-refractivity contribution in [3.8, 4) is 11.5 Å². The Morgan fingerprint density at radius 1 is 0.793 bits per heavy atom. The summed E-state index contributed by atoms with van der Waals surface area (Å²) in [4.78, 5) is 24.9. The highest BCUT2D eigenvalue weighted by Crippen LogP contribution is 2.20. The van der Waals surface area contributed by atoms with Crippen LogP contribution in [-0.4, -0.2) is 25.5 Å². The molecule has 6 nitrogen and oxygen atoms in total. The summed E-state index contributed by atoms with van der Waals surface area (Å²) in [6.45, 7) is 2.34. The molecular weight excluding hydrogens is 368 g/mol. The maximum atomic E-state index is 12.5. The fourth-order valence-corrected chi connectivity index (χ4v) is 2.72. The van der Waals surface area contributed by atoms with Crippen molar-refractivity contribution < 1.29 is 19.1 Å². The summed E-state index contributed by atoms with van der Waals surface area (Å²) < 4.78 is 10.6. The number of nitrogens with one attached hydrogen (secondary N) is 2. The average Bonchev–Trinajstić information content (AvgIpc) is 2.75. The van der Waals surface area contributed by atoms with Gasteiger partial charge in [0, 0.05) is 16.9 Å². The van der Waals surface area contributed by atoms with Crippen molar-refractivity contribution in [3.63, 3.8) is 0 Å². The Balaban J connectivity index is 1.65. The van der Waals surface area contributed by atoms with E-state index in [0.29, 0.717) is 40.6 Å². The van der Waals surface area contributed by atoms with Gasteiger partial charge in [0.15, 0.2) is 0 Å². The number of methoxy groups -OCH3 is 1. The lowest BCUT2D eigenvalue weighted by molar-refractivity contribution is 0.101. The van der Waals surface area contributed by atoms with E-state index < -0.39 is 0 Å². The molecule has 0 aliphatic carbocycles. The maximum Gasteiger partial charge on any atom is 0.259 e. The van der Waals surface area contributed by atoms with Crippen molar-refractivity contribution in [1.82, 2.24) is 0 Å². The van der Waals surface area contributed by atoms with Crippen LogP contribution in [0.25, 0.3) is 0 Å². The van der Waals surface area contributed by atoms with E-state index in [1.807, 2.05) is 13.0 Å². The number of hydrogen-bond acceptors (Lipinski definition) is 4. The lowest BCUT2D eigenvalue weighted by atomic mass is 10.1. The molecule has 0 spiro atoms. The molecule has 0 aliphatic heterocycles. The molecule has 0 atom stereocenters. The van der Waals surface area contributed by atoms with E-state index in [1.54, 1.807) is 73.8 Å². The van der Waals surface area contributed by atoms with Gasteiger partial charge in [-0.25, -0.2) is 0 Å². The summed E-state index contributed by atoms with van der Waals surface area (Å²) in [5, 5.41) is 5.64. The highest BCUT2D eigenvalue weighted by Gasteiger charge is 2.13. The minimum atomic E-state index is -0.274. The fourth-order valence-electron chi connectivity index (χ4n) is 2.72. The molecule has 148 valence electrons. The van der Waals surface area contributed by atoms with Crippen LogP contribution in [0.15, 0.2) is 72.8 Å². The number of hydrogen-bond donors (Lipinski definition) is 2. The third-order valence-electron chi connectivity index (χ3n) is 4.18. The third kappa shape index (κ3) is 5.13. The van der Waals surface area contributed by atoms with Crippen LogP contribution in [0.3, 0.4) is 0 Å². The molecule has 6 heteroatoms. The zero-order valence-electron chi connectivity index (χ0n) is 16.3. The first-order valence-electron chi connectivity index (χ1n) is 9.19. The molecule has 0 saturated heterocycles. The lowest BCUT2D eigenvalue weighted by Crippen LogP contribution is -2.14. The van der Waals surface area contributed by atoms with E-state index in [4.69, 9.17) is 9.47 Å². The van der Waals surface area contributed by atoms with Gasteiger partial charge in [-0.1, -0.05) is 12.1 Å². The molecule has 0 radical (unpaired) electrons. The second-order valence-corrected chi connectivity index (χ2v) is 6.14. The van der Waals surface area contributed by atoms with Gasteiger partial charge < -0.3 is 20.1 Å². The van der Waals surface area contributed by atoms with E-state index in [2.05, 4.69) is 10.6 Å². The summed E-state index contributed by atoms with van der Waals surface area (Å²) in [5.41, 5.74) is 2.19. The molecule has 0 unspecified atom stereocenters. The molecule has 29 heavy (non-hydrogen) atoms. The Bertz CT molecular complexity index is 983.